The molecule has 0 saturated heterocycles. The number of nitrogens with one attached hydrogen (secondary N) is 3. The first-order valence-corrected chi connectivity index (χ1v) is 23.8. The largest absolute Gasteiger partial charge is 0.367 e. The highest BCUT2D eigenvalue weighted by Crippen LogP contribution is 2.38. The summed E-state index contributed by atoms with van der Waals surface area (Å²) in [6, 6.07) is 19.8. The molecule has 0 bridgehead atoms. The monoisotopic (exact) mass is 821 g/mol. The Kier molecular flexibility index (Phi) is 17.7. The van der Waals surface area contributed by atoms with Crippen LogP contribution in [-0.4, -0.2) is 44.1 Å². The summed E-state index contributed by atoms with van der Waals surface area (Å²) in [5.41, 5.74) is 12.7. The highest BCUT2D eigenvalue weighted by atomic mass is 35.5. The summed E-state index contributed by atoms with van der Waals surface area (Å²) in [5.74, 6) is 4.46. The second-order valence-corrected chi connectivity index (χ2v) is 18.0. The van der Waals surface area contributed by atoms with Crippen LogP contribution in [0.25, 0.3) is 22.3 Å². The molecule has 0 unspecified atom stereocenters. The van der Waals surface area contributed by atoms with Crippen molar-refractivity contribution in [2.75, 3.05) is 16.0 Å². The number of hydrogen-bond acceptors (Lipinski definition) is 8. The van der Waals surface area contributed by atoms with E-state index in [-0.39, 0.29) is 0 Å². The van der Waals surface area contributed by atoms with E-state index in [2.05, 4.69) is 88.3 Å². The lowest BCUT2D eigenvalue weighted by molar-refractivity contribution is 0.704. The highest BCUT2D eigenvalue weighted by Gasteiger charge is 2.24. The molecular weight excluding hydrogens is 748 g/mol. The molecule has 2 aromatic carbocycles. The summed E-state index contributed by atoms with van der Waals surface area (Å²) in [4.78, 5) is 18.8. The first-order chi connectivity index (χ1) is 28.8. The summed E-state index contributed by atoms with van der Waals surface area (Å²) >= 11 is 6.52. The van der Waals surface area contributed by atoms with Crippen LogP contribution in [0.15, 0.2) is 48.5 Å². The molecule has 4 saturated carbocycles. The minimum Gasteiger partial charge on any atom is -0.367 e. The first kappa shape index (κ1) is 44.8. The van der Waals surface area contributed by atoms with E-state index in [1.165, 1.54) is 145 Å². The first-order valence-electron chi connectivity index (χ1n) is 23.5. The van der Waals surface area contributed by atoms with Gasteiger partial charge in [-0.25, -0.2) is 19.9 Å². The molecule has 59 heavy (non-hydrogen) atoms. The van der Waals surface area contributed by atoms with Crippen LogP contribution in [0.2, 0.25) is 5.15 Å². The van der Waals surface area contributed by atoms with E-state index in [1.54, 1.807) is 0 Å². The van der Waals surface area contributed by atoms with E-state index in [4.69, 9.17) is 27.3 Å². The number of nitrogens with zero attached hydrogens (tertiary/aromatic N) is 4. The third-order valence-corrected chi connectivity index (χ3v) is 12.8. The maximum Gasteiger partial charge on any atom is 0.142 e. The van der Waals surface area contributed by atoms with Crippen molar-refractivity contribution >= 4 is 29.1 Å². The average molecular weight is 822 g/mol. The van der Waals surface area contributed by atoms with Gasteiger partial charge in [0.25, 0.3) is 0 Å². The number of anilines is 3. The molecule has 0 aliphatic heterocycles. The predicted octanol–water partition coefficient (Wildman–Crippen LogP) is 13.2. The Labute approximate surface area is 361 Å². The van der Waals surface area contributed by atoms with Crippen LogP contribution < -0.4 is 21.7 Å². The second-order valence-electron chi connectivity index (χ2n) is 17.7. The van der Waals surface area contributed by atoms with Gasteiger partial charge in [-0.05, 0) is 113 Å². The normalized spacial score (nSPS) is 17.4. The van der Waals surface area contributed by atoms with Gasteiger partial charge >= 0.3 is 0 Å². The number of nitrogens with two attached hydrogens (primary N) is 1. The third kappa shape index (κ3) is 13.6. The molecule has 4 aliphatic rings. The number of aryl methyl sites for hydroxylation is 4. The lowest BCUT2D eigenvalue weighted by Crippen LogP contribution is -2.20. The Morgan fingerprint density at radius 2 is 0.915 bits per heavy atom. The van der Waals surface area contributed by atoms with Crippen LogP contribution >= 0.6 is 11.6 Å². The van der Waals surface area contributed by atoms with Crippen molar-refractivity contribution < 1.29 is 0 Å². The van der Waals surface area contributed by atoms with Gasteiger partial charge in [-0.3, -0.25) is 0 Å². The molecule has 8 rings (SSSR count). The smallest absolute Gasteiger partial charge is 0.142 e. The van der Waals surface area contributed by atoms with E-state index in [1.807, 2.05) is 13.8 Å². The zero-order chi connectivity index (χ0) is 41.4. The van der Waals surface area contributed by atoms with Gasteiger partial charge in [-0.1, -0.05) is 138 Å². The molecule has 2 aromatic heterocycles. The van der Waals surface area contributed by atoms with Crippen molar-refractivity contribution in [3.05, 3.63) is 76.5 Å². The van der Waals surface area contributed by atoms with Gasteiger partial charge in [0.15, 0.2) is 0 Å². The molecule has 8 nitrogen and oxygen atoms in total. The van der Waals surface area contributed by atoms with Crippen LogP contribution in [0.4, 0.5) is 17.5 Å². The van der Waals surface area contributed by atoms with Crippen LogP contribution in [0, 0.1) is 13.8 Å². The van der Waals surface area contributed by atoms with Crippen molar-refractivity contribution in [3.63, 3.8) is 0 Å². The average Bonchev–Trinajstić information content (AvgIpc) is 4.08. The summed E-state index contributed by atoms with van der Waals surface area (Å²) in [7, 11) is 0. The van der Waals surface area contributed by atoms with Crippen LogP contribution in [0.3, 0.4) is 0 Å². The summed E-state index contributed by atoms with van der Waals surface area (Å²) < 4.78 is 0. The van der Waals surface area contributed by atoms with Gasteiger partial charge in [0.05, 0.1) is 11.1 Å². The number of halogens is 1. The van der Waals surface area contributed by atoms with Crippen LogP contribution in [0.5, 0.6) is 0 Å². The number of unbranched alkanes of at least 4 members (excludes halogenated alkanes) is 2. The molecular formula is C50H73ClN8. The van der Waals surface area contributed by atoms with Gasteiger partial charge in [0.2, 0.25) is 0 Å². The maximum atomic E-state index is 6.52. The van der Waals surface area contributed by atoms with E-state index < -0.39 is 0 Å². The Bertz CT molecular complexity index is 1830. The van der Waals surface area contributed by atoms with Gasteiger partial charge in [0, 0.05) is 24.2 Å². The van der Waals surface area contributed by atoms with Gasteiger partial charge in [0.1, 0.15) is 34.3 Å². The fraction of sp³-hybridized carbons (Fsp3) is 0.600. The highest BCUT2D eigenvalue weighted by molar-refractivity contribution is 6.32. The van der Waals surface area contributed by atoms with Crippen molar-refractivity contribution in [3.8, 4) is 22.3 Å². The minimum absolute atomic E-state index is 0.498. The third-order valence-electron chi connectivity index (χ3n) is 12.6. The standard InChI is InChI=1S/C25H36N4.C20H26ClN3.C5H11N/c1-3-4-10-19-11-9-12-20(17-19)23-24(28-21-13-5-6-14-21)26-18(2)27-25(23)29-22-15-7-8-16-22;1-3-4-8-15-9-7-10-16(13-15)18-19(21)22-14(2)23-20(18)24-17-11-5-6-12-17;6-5-3-1-2-4-5/h9,11-12,17,21-22H,3-8,10,13-16H2,1-2H3,(H2,26,27,28,29);7,9-10,13,17H,3-6,8,11-12H2,1-2H3,(H,22,23,24);5H,1-4,6H2. The summed E-state index contributed by atoms with van der Waals surface area (Å²) in [6.07, 6.45) is 27.6. The number of rotatable bonds is 14. The van der Waals surface area contributed by atoms with Crippen molar-refractivity contribution in [1.82, 2.24) is 19.9 Å². The SMILES string of the molecule is CCCCc1cccc(-c2c(Cl)nc(C)nc2NC2CCCC2)c1.CCCCc1cccc(-c2c(NC3CCCC3)nc(C)nc2NC2CCCC2)c1.NC1CCCC1. The van der Waals surface area contributed by atoms with Gasteiger partial charge in [-0.2, -0.15) is 0 Å². The van der Waals surface area contributed by atoms with E-state index in [0.717, 1.165) is 52.8 Å². The Morgan fingerprint density at radius 1 is 0.542 bits per heavy atom. The molecule has 0 amide bonds. The quantitative estimate of drug-likeness (QED) is 0.0930. The number of aromatic nitrogens is 4. The molecule has 4 fully saturated rings. The summed E-state index contributed by atoms with van der Waals surface area (Å²) in [6.45, 7) is 8.39. The Hall–Kier alpha value is -3.75. The molecule has 0 radical (unpaired) electrons. The molecule has 2 heterocycles. The Balaban J connectivity index is 0.000000176. The van der Waals surface area contributed by atoms with Gasteiger partial charge < -0.3 is 21.7 Å². The second kappa shape index (κ2) is 23.3. The fourth-order valence-corrected chi connectivity index (χ4v) is 9.55. The van der Waals surface area contributed by atoms with Crippen LogP contribution in [-0.2, 0) is 12.8 Å². The lowest BCUT2D eigenvalue weighted by atomic mass is 10.00. The molecule has 0 atom stereocenters. The van der Waals surface area contributed by atoms with Crippen molar-refractivity contribution in [1.29, 1.82) is 0 Å². The number of hydrogen-bond donors (Lipinski definition) is 4. The molecule has 4 aliphatic carbocycles. The maximum absolute atomic E-state index is 6.52. The minimum atomic E-state index is 0.498. The van der Waals surface area contributed by atoms with E-state index >= 15 is 0 Å². The zero-order valence-electron chi connectivity index (χ0n) is 36.7. The molecule has 320 valence electrons. The number of benzene rings is 2. The lowest BCUT2D eigenvalue weighted by Gasteiger charge is -2.22. The molecule has 5 N–H and O–H groups in total. The van der Waals surface area contributed by atoms with Crippen molar-refractivity contribution in [2.45, 2.75) is 193 Å². The molecule has 9 heteroatoms. The van der Waals surface area contributed by atoms with Crippen molar-refractivity contribution in [2.24, 2.45) is 5.73 Å². The van der Waals surface area contributed by atoms with E-state index in [0.29, 0.717) is 35.1 Å². The fourth-order valence-electron chi connectivity index (χ4n) is 9.23. The summed E-state index contributed by atoms with van der Waals surface area (Å²) in [5, 5.41) is 11.7. The van der Waals surface area contributed by atoms with Crippen LogP contribution in [0.1, 0.15) is 165 Å². The zero-order valence-corrected chi connectivity index (χ0v) is 37.5. The molecule has 4 aromatic rings. The van der Waals surface area contributed by atoms with E-state index in [9.17, 15) is 0 Å². The predicted molar refractivity (Wildman–Crippen MR) is 251 cm³/mol. The van der Waals surface area contributed by atoms with Gasteiger partial charge in [-0.15, -0.1) is 0 Å². The molecule has 0 spiro atoms. The topological polar surface area (TPSA) is 114 Å². The Morgan fingerprint density at radius 3 is 1.31 bits per heavy atom.